The summed E-state index contributed by atoms with van der Waals surface area (Å²) in [7, 11) is 3.26. The Bertz CT molecular complexity index is 1080. The molecule has 6 heteroatoms. The zero-order valence-electron chi connectivity index (χ0n) is 16.3. The van der Waals surface area contributed by atoms with Crippen LogP contribution in [-0.4, -0.2) is 29.0 Å². The topological polar surface area (TPSA) is 49.2 Å². The minimum absolute atomic E-state index is 0.658. The molecule has 5 nitrogen and oxygen atoms in total. The van der Waals surface area contributed by atoms with Gasteiger partial charge in [-0.1, -0.05) is 60.3 Å². The van der Waals surface area contributed by atoms with Crippen LogP contribution in [0, 0.1) is 0 Å². The van der Waals surface area contributed by atoms with E-state index in [-0.39, 0.29) is 0 Å². The minimum atomic E-state index is 0.658. The van der Waals surface area contributed by atoms with Crippen LogP contribution in [0.3, 0.4) is 0 Å². The molecule has 0 amide bonds. The van der Waals surface area contributed by atoms with Gasteiger partial charge in [0.25, 0.3) is 0 Å². The number of benzene rings is 3. The largest absolute Gasteiger partial charge is 0.493 e. The highest BCUT2D eigenvalue weighted by atomic mass is 32.2. The third kappa shape index (κ3) is 4.12. The van der Waals surface area contributed by atoms with E-state index in [9.17, 15) is 0 Å². The van der Waals surface area contributed by atoms with Gasteiger partial charge in [-0.25, -0.2) is 0 Å². The lowest BCUT2D eigenvalue weighted by Crippen LogP contribution is -2.00. The third-order valence-corrected chi connectivity index (χ3v) is 5.50. The molecule has 146 valence electrons. The lowest BCUT2D eigenvalue weighted by Gasteiger charge is -2.12. The highest BCUT2D eigenvalue weighted by molar-refractivity contribution is 7.98. The Morgan fingerprint density at radius 2 is 1.48 bits per heavy atom. The Morgan fingerprint density at radius 1 is 0.793 bits per heavy atom. The SMILES string of the molecule is COc1ccc(-c2nnc(SCc3ccccc3)n2-c2ccccc2)cc1OC. The Morgan fingerprint density at radius 3 is 2.17 bits per heavy atom. The van der Waals surface area contributed by atoms with E-state index in [4.69, 9.17) is 9.47 Å². The molecule has 29 heavy (non-hydrogen) atoms. The molecule has 4 rings (SSSR count). The van der Waals surface area contributed by atoms with Gasteiger partial charge in [-0.2, -0.15) is 0 Å². The summed E-state index contributed by atoms with van der Waals surface area (Å²) in [6, 6.07) is 26.3. The van der Waals surface area contributed by atoms with Gasteiger partial charge in [-0.3, -0.25) is 4.57 Å². The number of hydrogen-bond acceptors (Lipinski definition) is 5. The predicted molar refractivity (Wildman–Crippen MR) is 116 cm³/mol. The van der Waals surface area contributed by atoms with Crippen LogP contribution in [0.25, 0.3) is 17.1 Å². The van der Waals surface area contributed by atoms with E-state index in [1.54, 1.807) is 26.0 Å². The van der Waals surface area contributed by atoms with Crippen molar-refractivity contribution in [2.24, 2.45) is 0 Å². The molecule has 4 aromatic rings. The maximum absolute atomic E-state index is 5.47. The van der Waals surface area contributed by atoms with E-state index in [1.165, 1.54) is 5.56 Å². The van der Waals surface area contributed by atoms with Gasteiger partial charge >= 0.3 is 0 Å². The van der Waals surface area contributed by atoms with E-state index < -0.39 is 0 Å². The van der Waals surface area contributed by atoms with Gasteiger partial charge in [-0.05, 0) is 35.9 Å². The minimum Gasteiger partial charge on any atom is -0.493 e. The van der Waals surface area contributed by atoms with Crippen molar-refractivity contribution in [3.63, 3.8) is 0 Å². The first kappa shape index (κ1) is 19.1. The van der Waals surface area contributed by atoms with Crippen LogP contribution in [-0.2, 0) is 5.75 Å². The summed E-state index contributed by atoms with van der Waals surface area (Å²) in [6.45, 7) is 0. The number of methoxy groups -OCH3 is 2. The van der Waals surface area contributed by atoms with Crippen molar-refractivity contribution < 1.29 is 9.47 Å². The predicted octanol–water partition coefficient (Wildman–Crippen LogP) is 5.24. The highest BCUT2D eigenvalue weighted by Crippen LogP contribution is 2.34. The van der Waals surface area contributed by atoms with Crippen LogP contribution in [0.1, 0.15) is 5.56 Å². The van der Waals surface area contributed by atoms with Gasteiger partial charge in [0, 0.05) is 17.0 Å². The van der Waals surface area contributed by atoms with Crippen molar-refractivity contribution in [2.45, 2.75) is 10.9 Å². The quantitative estimate of drug-likeness (QED) is 0.395. The molecule has 1 aromatic heterocycles. The fourth-order valence-corrected chi connectivity index (χ4v) is 3.97. The Balaban J connectivity index is 1.75. The summed E-state index contributed by atoms with van der Waals surface area (Å²) in [5.74, 6) is 2.91. The van der Waals surface area contributed by atoms with Crippen molar-refractivity contribution in [2.75, 3.05) is 14.2 Å². The lowest BCUT2D eigenvalue weighted by molar-refractivity contribution is 0.355. The van der Waals surface area contributed by atoms with Gasteiger partial charge in [0.2, 0.25) is 0 Å². The van der Waals surface area contributed by atoms with Crippen molar-refractivity contribution in [3.05, 3.63) is 84.4 Å². The fourth-order valence-electron chi connectivity index (χ4n) is 3.06. The number of thioether (sulfide) groups is 1. The summed E-state index contributed by atoms with van der Waals surface area (Å²) in [6.07, 6.45) is 0. The van der Waals surface area contributed by atoms with E-state index >= 15 is 0 Å². The Hall–Kier alpha value is -3.25. The van der Waals surface area contributed by atoms with Crippen LogP contribution < -0.4 is 9.47 Å². The van der Waals surface area contributed by atoms with Crippen molar-refractivity contribution in [1.82, 2.24) is 14.8 Å². The van der Waals surface area contributed by atoms with Gasteiger partial charge in [0.05, 0.1) is 14.2 Å². The lowest BCUT2D eigenvalue weighted by atomic mass is 10.2. The molecular weight excluding hydrogens is 382 g/mol. The number of aromatic nitrogens is 3. The number of hydrogen-bond donors (Lipinski definition) is 0. The smallest absolute Gasteiger partial charge is 0.196 e. The standard InChI is InChI=1S/C23H21N3O2S/c1-27-20-14-13-18(15-21(20)28-2)22-24-25-23(26(22)19-11-7-4-8-12-19)29-16-17-9-5-3-6-10-17/h3-15H,16H2,1-2H3. The van der Waals surface area contributed by atoms with Gasteiger partial charge < -0.3 is 9.47 Å². The van der Waals surface area contributed by atoms with Crippen LogP contribution in [0.2, 0.25) is 0 Å². The molecule has 0 atom stereocenters. The number of nitrogens with zero attached hydrogens (tertiary/aromatic N) is 3. The van der Waals surface area contributed by atoms with E-state index in [0.29, 0.717) is 11.5 Å². The molecular formula is C23H21N3O2S. The molecule has 0 saturated carbocycles. The van der Waals surface area contributed by atoms with Crippen LogP contribution >= 0.6 is 11.8 Å². The molecule has 1 heterocycles. The van der Waals surface area contributed by atoms with Crippen molar-refractivity contribution in [3.8, 4) is 28.6 Å². The van der Waals surface area contributed by atoms with Gasteiger partial charge in [-0.15, -0.1) is 10.2 Å². The average Bonchev–Trinajstić information content (AvgIpc) is 3.22. The Labute approximate surface area is 174 Å². The summed E-state index contributed by atoms with van der Waals surface area (Å²) < 4.78 is 12.9. The monoisotopic (exact) mass is 403 g/mol. The zero-order valence-corrected chi connectivity index (χ0v) is 17.1. The molecule has 0 unspecified atom stereocenters. The fraction of sp³-hybridized carbons (Fsp3) is 0.130. The van der Waals surface area contributed by atoms with Gasteiger partial charge in [0.1, 0.15) is 0 Å². The summed E-state index contributed by atoms with van der Waals surface area (Å²) in [5.41, 5.74) is 3.16. The molecule has 0 bridgehead atoms. The molecule has 0 fully saturated rings. The second-order valence-electron chi connectivity index (χ2n) is 6.32. The maximum atomic E-state index is 5.47. The summed E-state index contributed by atoms with van der Waals surface area (Å²) in [5, 5.41) is 9.83. The summed E-state index contributed by atoms with van der Waals surface area (Å²) >= 11 is 1.66. The number of ether oxygens (including phenoxy) is 2. The number of rotatable bonds is 7. The molecule has 0 aliphatic carbocycles. The van der Waals surface area contributed by atoms with Gasteiger partial charge in [0.15, 0.2) is 22.5 Å². The second-order valence-corrected chi connectivity index (χ2v) is 7.26. The second kappa shape index (κ2) is 8.84. The highest BCUT2D eigenvalue weighted by Gasteiger charge is 2.18. The normalized spacial score (nSPS) is 10.7. The molecule has 0 radical (unpaired) electrons. The van der Waals surface area contributed by atoms with Crippen molar-refractivity contribution in [1.29, 1.82) is 0 Å². The van der Waals surface area contributed by atoms with Crippen molar-refractivity contribution >= 4 is 11.8 Å². The zero-order chi connectivity index (χ0) is 20.1. The molecule has 0 saturated heterocycles. The summed E-state index contributed by atoms with van der Waals surface area (Å²) in [4.78, 5) is 0. The first-order chi connectivity index (χ1) is 14.3. The average molecular weight is 404 g/mol. The van der Waals surface area contributed by atoms with E-state index in [2.05, 4.69) is 39.0 Å². The van der Waals surface area contributed by atoms with E-state index in [1.807, 2.05) is 54.6 Å². The maximum Gasteiger partial charge on any atom is 0.196 e. The molecule has 0 aliphatic heterocycles. The van der Waals surface area contributed by atoms with Crippen LogP contribution in [0.4, 0.5) is 0 Å². The Kier molecular flexibility index (Phi) is 5.81. The van der Waals surface area contributed by atoms with E-state index in [0.717, 1.165) is 28.0 Å². The first-order valence-electron chi connectivity index (χ1n) is 9.20. The first-order valence-corrected chi connectivity index (χ1v) is 10.2. The van der Waals surface area contributed by atoms with Crippen LogP contribution in [0.5, 0.6) is 11.5 Å². The number of para-hydroxylation sites is 1. The van der Waals surface area contributed by atoms with Crippen LogP contribution in [0.15, 0.2) is 84.0 Å². The molecule has 0 N–H and O–H groups in total. The molecule has 3 aromatic carbocycles. The third-order valence-electron chi connectivity index (χ3n) is 4.50. The molecule has 0 spiro atoms. The molecule has 0 aliphatic rings.